The Morgan fingerprint density at radius 1 is 0.246 bits per heavy atom. The topological polar surface area (TPSA) is 12.5 Å². The first-order chi connectivity index (χ1) is 34.2. The zero-order chi connectivity index (χ0) is 45.5. The molecule has 0 saturated carbocycles. The third kappa shape index (κ3) is 5.92. The van der Waals surface area contributed by atoms with Crippen molar-refractivity contribution in [3.05, 3.63) is 283 Å². The normalized spacial score (nSPS) is 12.9. The minimum atomic E-state index is -0.535. The average Bonchev–Trinajstić information content (AvgIpc) is 3.57. The highest BCUT2D eigenvalue weighted by Gasteiger charge is 2.50. The molecule has 0 unspecified atom stereocenters. The van der Waals surface area contributed by atoms with E-state index in [-0.39, 0.29) is 0 Å². The minimum Gasteiger partial charge on any atom is -0.456 e. The highest BCUT2D eigenvalue weighted by atomic mass is 16.5. The number of nitrogens with zero attached hydrogens (tertiary/aromatic N) is 1. The van der Waals surface area contributed by atoms with Gasteiger partial charge in [0, 0.05) is 28.2 Å². The van der Waals surface area contributed by atoms with Gasteiger partial charge in [-0.15, -0.1) is 0 Å². The summed E-state index contributed by atoms with van der Waals surface area (Å²) >= 11 is 0. The van der Waals surface area contributed by atoms with Gasteiger partial charge in [0.05, 0.1) is 5.41 Å². The number of hydrogen-bond acceptors (Lipinski definition) is 2. The van der Waals surface area contributed by atoms with Crippen molar-refractivity contribution in [1.82, 2.24) is 0 Å². The molecule has 14 rings (SSSR count). The summed E-state index contributed by atoms with van der Waals surface area (Å²) in [5, 5.41) is 0. The van der Waals surface area contributed by atoms with Crippen LogP contribution in [0.15, 0.2) is 261 Å². The summed E-state index contributed by atoms with van der Waals surface area (Å²) in [5.41, 5.74) is 24.8. The first-order valence-corrected chi connectivity index (χ1v) is 23.8. The van der Waals surface area contributed by atoms with Gasteiger partial charge in [-0.1, -0.05) is 212 Å². The van der Waals surface area contributed by atoms with E-state index >= 15 is 0 Å². The van der Waals surface area contributed by atoms with E-state index in [0.29, 0.717) is 0 Å². The summed E-state index contributed by atoms with van der Waals surface area (Å²) in [5.74, 6) is 1.71. The molecule has 0 amide bonds. The summed E-state index contributed by atoms with van der Waals surface area (Å²) in [7, 11) is 0. The largest absolute Gasteiger partial charge is 0.456 e. The Labute approximate surface area is 402 Å². The third-order valence-electron chi connectivity index (χ3n) is 14.7. The second-order valence-electron chi connectivity index (χ2n) is 18.3. The molecule has 2 aliphatic carbocycles. The van der Waals surface area contributed by atoms with Gasteiger partial charge in [0.15, 0.2) is 0 Å². The Hall–Kier alpha value is -8.98. The number of anilines is 3. The molecule has 2 heteroatoms. The van der Waals surface area contributed by atoms with Crippen LogP contribution in [0.25, 0.3) is 77.9 Å². The van der Waals surface area contributed by atoms with Crippen molar-refractivity contribution < 1.29 is 4.74 Å². The predicted octanol–water partition coefficient (Wildman–Crippen LogP) is 17.9. The van der Waals surface area contributed by atoms with Crippen molar-refractivity contribution >= 4 is 17.1 Å². The van der Waals surface area contributed by atoms with Crippen LogP contribution in [0, 0.1) is 0 Å². The molecule has 0 atom stereocenters. The molecule has 1 heterocycles. The van der Waals surface area contributed by atoms with Crippen LogP contribution in [0.3, 0.4) is 0 Å². The molecule has 0 bridgehead atoms. The fraction of sp³-hybridized carbons (Fsp3) is 0.0149. The summed E-state index contributed by atoms with van der Waals surface area (Å²) in [6.45, 7) is 0. The Kier molecular flexibility index (Phi) is 8.84. The van der Waals surface area contributed by atoms with Crippen molar-refractivity contribution in [2.45, 2.75) is 5.41 Å². The zero-order valence-electron chi connectivity index (χ0n) is 37.7. The lowest BCUT2D eigenvalue weighted by atomic mass is 9.66. The molecule has 69 heavy (non-hydrogen) atoms. The van der Waals surface area contributed by atoms with Crippen LogP contribution in [0.2, 0.25) is 0 Å². The van der Waals surface area contributed by atoms with Crippen LogP contribution in [0.4, 0.5) is 17.1 Å². The van der Waals surface area contributed by atoms with E-state index in [1.165, 1.54) is 77.9 Å². The molecule has 0 aromatic heterocycles. The molecule has 1 aliphatic heterocycles. The number of fused-ring (bicyclic) bond motifs is 17. The molecule has 0 radical (unpaired) electrons. The van der Waals surface area contributed by atoms with E-state index < -0.39 is 5.41 Å². The molecule has 322 valence electrons. The minimum absolute atomic E-state index is 0.535. The maximum absolute atomic E-state index is 6.60. The monoisotopic (exact) mass is 877 g/mol. The SMILES string of the molecule is c1ccc(-c2ccc(N(c3ccc(-c4cccc5c4-c4ccccc4C54c5ccccc5-c5ccccc5-c5ccccc54)cc3)c3ccc4c(c3)-c3ccccc3Oc3ccccc3-4)cc2)cc1. The van der Waals surface area contributed by atoms with Gasteiger partial charge in [-0.05, 0) is 138 Å². The second-order valence-corrected chi connectivity index (χ2v) is 18.3. The molecule has 2 nitrogen and oxygen atoms in total. The maximum Gasteiger partial charge on any atom is 0.135 e. The van der Waals surface area contributed by atoms with Gasteiger partial charge in [0.1, 0.15) is 11.5 Å². The van der Waals surface area contributed by atoms with Gasteiger partial charge in [0.2, 0.25) is 0 Å². The molecule has 3 aliphatic rings. The van der Waals surface area contributed by atoms with E-state index in [1.54, 1.807) is 0 Å². The lowest BCUT2D eigenvalue weighted by Gasteiger charge is -2.35. The standard InChI is InChI=1S/C67H43NO/c1-2-17-44(18-3-1)45-33-37-47(38-34-45)68(49-41-42-53-56-23-9-14-31-64(56)69-65-32-15-10-24-57(65)59(53)43-49)48-39-35-46(36-40-48)50-26-16-30-63-66(50)58-25-8-13-29-62(58)67(63)60-27-11-6-21-54(60)51-19-4-5-20-52(51)55-22-7-12-28-61(55)67/h1-43H. The second kappa shape index (κ2) is 15.6. The van der Waals surface area contributed by atoms with Crippen molar-refractivity contribution in [3.63, 3.8) is 0 Å². The Balaban J connectivity index is 0.944. The van der Waals surface area contributed by atoms with E-state index in [0.717, 1.165) is 50.8 Å². The molecule has 11 aromatic rings. The zero-order valence-corrected chi connectivity index (χ0v) is 37.7. The van der Waals surface area contributed by atoms with E-state index in [9.17, 15) is 0 Å². The van der Waals surface area contributed by atoms with Gasteiger partial charge < -0.3 is 9.64 Å². The van der Waals surface area contributed by atoms with Crippen molar-refractivity contribution in [3.8, 4) is 89.4 Å². The third-order valence-corrected chi connectivity index (χ3v) is 14.7. The average molecular weight is 878 g/mol. The van der Waals surface area contributed by atoms with Crippen LogP contribution in [0.1, 0.15) is 22.3 Å². The smallest absolute Gasteiger partial charge is 0.135 e. The first kappa shape index (κ1) is 39.2. The molecule has 0 fully saturated rings. The molecule has 11 aromatic carbocycles. The van der Waals surface area contributed by atoms with Crippen LogP contribution in [-0.2, 0) is 5.41 Å². The fourth-order valence-electron chi connectivity index (χ4n) is 11.8. The fourth-order valence-corrected chi connectivity index (χ4v) is 11.8. The van der Waals surface area contributed by atoms with Gasteiger partial charge >= 0.3 is 0 Å². The van der Waals surface area contributed by atoms with Crippen LogP contribution < -0.4 is 9.64 Å². The van der Waals surface area contributed by atoms with Gasteiger partial charge in [-0.3, -0.25) is 0 Å². The quantitative estimate of drug-likeness (QED) is 0.171. The number of ether oxygens (including phenoxy) is 1. The molecular weight excluding hydrogens is 835 g/mol. The lowest BCUT2D eigenvalue weighted by Crippen LogP contribution is -2.29. The summed E-state index contributed by atoms with van der Waals surface area (Å²) < 4.78 is 6.60. The van der Waals surface area contributed by atoms with Gasteiger partial charge in [0.25, 0.3) is 0 Å². The Morgan fingerprint density at radius 3 is 1.26 bits per heavy atom. The first-order valence-electron chi connectivity index (χ1n) is 23.8. The number of hydrogen-bond donors (Lipinski definition) is 0. The van der Waals surface area contributed by atoms with Crippen LogP contribution in [-0.4, -0.2) is 0 Å². The van der Waals surface area contributed by atoms with Crippen LogP contribution >= 0.6 is 0 Å². The summed E-state index contributed by atoms with van der Waals surface area (Å²) in [4.78, 5) is 2.38. The molecule has 1 spiro atoms. The van der Waals surface area contributed by atoms with E-state index in [1.807, 2.05) is 12.1 Å². The van der Waals surface area contributed by atoms with Crippen LogP contribution in [0.5, 0.6) is 11.5 Å². The van der Waals surface area contributed by atoms with Crippen molar-refractivity contribution in [1.29, 1.82) is 0 Å². The highest BCUT2D eigenvalue weighted by molar-refractivity contribution is 6.01. The molecule has 0 saturated heterocycles. The van der Waals surface area contributed by atoms with E-state index in [4.69, 9.17) is 4.74 Å². The molecule has 0 N–H and O–H groups in total. The lowest BCUT2D eigenvalue weighted by molar-refractivity contribution is 0.488. The summed E-state index contributed by atoms with van der Waals surface area (Å²) in [6.07, 6.45) is 0. The van der Waals surface area contributed by atoms with Gasteiger partial charge in [-0.2, -0.15) is 0 Å². The number of rotatable bonds is 5. The highest BCUT2D eigenvalue weighted by Crippen LogP contribution is 2.63. The van der Waals surface area contributed by atoms with Gasteiger partial charge in [-0.25, -0.2) is 0 Å². The number of para-hydroxylation sites is 2. The summed E-state index contributed by atoms with van der Waals surface area (Å²) in [6, 6.07) is 95.6. The Bertz CT molecular complexity index is 3740. The van der Waals surface area contributed by atoms with E-state index in [2.05, 4.69) is 254 Å². The Morgan fingerprint density at radius 2 is 0.652 bits per heavy atom. The predicted molar refractivity (Wildman–Crippen MR) is 285 cm³/mol. The molecular formula is C67H43NO. The maximum atomic E-state index is 6.60. The van der Waals surface area contributed by atoms with Crippen molar-refractivity contribution in [2.24, 2.45) is 0 Å². The van der Waals surface area contributed by atoms with Crippen molar-refractivity contribution in [2.75, 3.05) is 4.90 Å². The number of benzene rings is 11.